The van der Waals surface area contributed by atoms with Gasteiger partial charge in [-0.25, -0.2) is 15.2 Å². The Morgan fingerprint density at radius 2 is 2.21 bits per heavy atom. The second kappa shape index (κ2) is 5.64. The minimum Gasteiger partial charge on any atom is -0.400 e. The third kappa shape index (κ3) is 2.53. The number of rotatable bonds is 3. The number of likely N-dealkylation sites (N-methyl/N-ethyl adjacent to an activating group) is 2. The molecule has 0 radical (unpaired) electrons. The summed E-state index contributed by atoms with van der Waals surface area (Å²) in [7, 11) is 2.94. The summed E-state index contributed by atoms with van der Waals surface area (Å²) in [5.41, 5.74) is 2.57. The van der Waals surface area contributed by atoms with E-state index < -0.39 is 35.0 Å². The van der Waals surface area contributed by atoms with Crippen molar-refractivity contribution in [2.45, 2.75) is 12.2 Å². The summed E-state index contributed by atoms with van der Waals surface area (Å²) in [5.74, 6) is -0.416. The zero-order valence-electron chi connectivity index (χ0n) is 12.7. The molecule has 12 nitrogen and oxygen atoms in total. The van der Waals surface area contributed by atoms with Crippen LogP contribution in [0.5, 0.6) is 0 Å². The molecule has 0 bridgehead atoms. The van der Waals surface area contributed by atoms with Crippen LogP contribution in [0.3, 0.4) is 0 Å². The van der Waals surface area contributed by atoms with Crippen LogP contribution in [0.15, 0.2) is 26.6 Å². The highest BCUT2D eigenvalue weighted by Crippen LogP contribution is 2.19. The van der Waals surface area contributed by atoms with Gasteiger partial charge in [0.2, 0.25) is 5.96 Å². The number of fused-ring (bicyclic) bond motifs is 1. The number of nitrogens with zero attached hydrogens (tertiary/aromatic N) is 5. The summed E-state index contributed by atoms with van der Waals surface area (Å²) in [4.78, 5) is 40.3. The molecule has 1 aromatic rings. The van der Waals surface area contributed by atoms with Crippen molar-refractivity contribution in [3.63, 3.8) is 0 Å². The maximum Gasteiger partial charge on any atom is 0.433 e. The number of hydrogen-bond donors (Lipinski definition) is 2. The fraction of sp³-hybridized carbons (Fsp3) is 0.333. The molecule has 1 fully saturated rings. The van der Waals surface area contributed by atoms with Gasteiger partial charge in [0.25, 0.3) is 5.91 Å². The molecule has 1 aromatic heterocycles. The Bertz CT molecular complexity index is 770. The first kappa shape index (κ1) is 15.5. The van der Waals surface area contributed by atoms with E-state index in [9.17, 15) is 19.7 Å². The zero-order chi connectivity index (χ0) is 17.4. The van der Waals surface area contributed by atoms with Crippen LogP contribution in [-0.4, -0.2) is 65.1 Å². The monoisotopic (exact) mass is 335 g/mol. The molecule has 12 heteroatoms. The van der Waals surface area contributed by atoms with Crippen LogP contribution < -0.4 is 10.7 Å². The van der Waals surface area contributed by atoms with Crippen LogP contribution in [0.25, 0.3) is 0 Å². The third-order valence-corrected chi connectivity index (χ3v) is 3.59. The maximum atomic E-state index is 12.1. The van der Waals surface area contributed by atoms with Gasteiger partial charge in [0, 0.05) is 14.1 Å². The Kier molecular flexibility index (Phi) is 3.63. The van der Waals surface area contributed by atoms with E-state index in [1.807, 2.05) is 0 Å². The first-order valence-corrected chi connectivity index (χ1v) is 6.80. The van der Waals surface area contributed by atoms with Crippen LogP contribution in [0, 0.1) is 10.1 Å². The summed E-state index contributed by atoms with van der Waals surface area (Å²) in [6.45, 7) is 0. The molecule has 0 unspecified atom stereocenters. The first-order valence-electron chi connectivity index (χ1n) is 6.80. The minimum absolute atomic E-state index is 0.174. The normalized spacial score (nSPS) is 23.3. The lowest BCUT2D eigenvalue weighted by molar-refractivity contribution is -0.402. The fourth-order valence-electron chi connectivity index (χ4n) is 2.35. The number of guanidine groups is 1. The lowest BCUT2D eigenvalue weighted by Crippen LogP contribution is -2.63. The molecule has 126 valence electrons. The number of carbonyl (C=O) groups is 2. The highest BCUT2D eigenvalue weighted by Gasteiger charge is 2.46. The average molecular weight is 335 g/mol. The maximum absolute atomic E-state index is 12.1. The van der Waals surface area contributed by atoms with Crippen molar-refractivity contribution in [3.05, 3.63) is 28.0 Å². The topological polar surface area (TPSA) is 146 Å². The van der Waals surface area contributed by atoms with Crippen LogP contribution >= 0.6 is 0 Å². The Balaban J connectivity index is 1.66. The zero-order valence-corrected chi connectivity index (χ0v) is 12.7. The summed E-state index contributed by atoms with van der Waals surface area (Å²) >= 11 is 0. The molecule has 0 spiro atoms. The van der Waals surface area contributed by atoms with Gasteiger partial charge in [0.05, 0.1) is 12.3 Å². The lowest BCUT2D eigenvalue weighted by atomic mass is 10.1. The van der Waals surface area contributed by atoms with Gasteiger partial charge in [-0.2, -0.15) is 5.10 Å². The number of furan rings is 1. The largest absolute Gasteiger partial charge is 0.433 e. The van der Waals surface area contributed by atoms with Crippen molar-refractivity contribution in [2.75, 3.05) is 14.1 Å². The van der Waals surface area contributed by atoms with E-state index in [1.54, 1.807) is 7.05 Å². The third-order valence-electron chi connectivity index (χ3n) is 3.59. The number of urea groups is 1. The number of hydrazone groups is 1. The van der Waals surface area contributed by atoms with E-state index >= 15 is 0 Å². The van der Waals surface area contributed by atoms with E-state index in [2.05, 4.69) is 20.8 Å². The molecular formula is C12H13N7O5. The van der Waals surface area contributed by atoms with Gasteiger partial charge in [-0.1, -0.05) is 0 Å². The van der Waals surface area contributed by atoms with Crippen molar-refractivity contribution in [1.29, 1.82) is 0 Å². The minimum atomic E-state index is -0.694. The number of aliphatic imine (C=N–C) groups is 1. The Morgan fingerprint density at radius 3 is 2.88 bits per heavy atom. The molecule has 2 N–H and O–H groups in total. The standard InChI is InChI=1S/C12H13N7O5/c1-17-9-8(10(20)18(2)12(17)21)14-11(15-9)16-13-5-6-3-4-7(24-6)19(22)23/h3-5,8-9H,1-2H3,(H2,14,15,16)/b13-5-/t8-,9-/m1/s1. The van der Waals surface area contributed by atoms with Gasteiger partial charge >= 0.3 is 11.9 Å². The number of hydrogen-bond acceptors (Lipinski definition) is 9. The number of amides is 3. The summed E-state index contributed by atoms with van der Waals surface area (Å²) in [6, 6.07) is 1.45. The molecule has 2 aliphatic heterocycles. The molecule has 2 atom stereocenters. The second-order valence-corrected chi connectivity index (χ2v) is 5.11. The summed E-state index contributed by atoms with van der Waals surface area (Å²) in [5, 5.41) is 17.2. The highest BCUT2D eigenvalue weighted by atomic mass is 16.6. The second-order valence-electron chi connectivity index (χ2n) is 5.11. The lowest BCUT2D eigenvalue weighted by Gasteiger charge is -2.36. The molecule has 24 heavy (non-hydrogen) atoms. The molecule has 0 saturated carbocycles. The molecule has 0 aliphatic carbocycles. The van der Waals surface area contributed by atoms with Gasteiger partial charge < -0.3 is 14.6 Å². The van der Waals surface area contributed by atoms with E-state index in [0.717, 1.165) is 4.90 Å². The molecule has 3 heterocycles. The molecular weight excluding hydrogens is 322 g/mol. The van der Waals surface area contributed by atoms with E-state index in [1.165, 1.54) is 30.3 Å². The van der Waals surface area contributed by atoms with Crippen molar-refractivity contribution < 1.29 is 18.9 Å². The summed E-state index contributed by atoms with van der Waals surface area (Å²) < 4.78 is 4.90. The van der Waals surface area contributed by atoms with Crippen molar-refractivity contribution in [3.8, 4) is 0 Å². The predicted octanol–water partition coefficient (Wildman–Crippen LogP) is -0.711. The first-order chi connectivity index (χ1) is 11.4. The molecule has 3 rings (SSSR count). The smallest absolute Gasteiger partial charge is 0.400 e. The number of imide groups is 1. The number of nitrogens with one attached hydrogen (secondary N) is 2. The molecule has 0 aromatic carbocycles. The fourth-order valence-corrected chi connectivity index (χ4v) is 2.35. The van der Waals surface area contributed by atoms with Crippen LogP contribution in [0.2, 0.25) is 0 Å². The average Bonchev–Trinajstić information content (AvgIpc) is 3.18. The van der Waals surface area contributed by atoms with Gasteiger partial charge in [-0.15, -0.1) is 0 Å². The Hall–Kier alpha value is -3.44. The SMILES string of the molecule is CN1C(=O)[C@@H]2NC(N/N=C\c3ccc([N+](=O)[O-])o3)=N[C@@H]2N(C)C1=O. The predicted molar refractivity (Wildman–Crippen MR) is 80.2 cm³/mol. The van der Waals surface area contributed by atoms with Crippen LogP contribution in [0.4, 0.5) is 10.7 Å². The van der Waals surface area contributed by atoms with Crippen molar-refractivity contribution >= 4 is 30.0 Å². The van der Waals surface area contributed by atoms with Crippen molar-refractivity contribution in [1.82, 2.24) is 20.5 Å². The van der Waals surface area contributed by atoms with Crippen LogP contribution in [-0.2, 0) is 4.79 Å². The van der Waals surface area contributed by atoms with E-state index in [4.69, 9.17) is 4.42 Å². The molecule has 3 amide bonds. The molecule has 1 saturated heterocycles. The van der Waals surface area contributed by atoms with Crippen molar-refractivity contribution in [2.24, 2.45) is 10.1 Å². The Labute approximate surface area is 134 Å². The summed E-state index contributed by atoms with van der Waals surface area (Å²) in [6.07, 6.45) is 0.561. The van der Waals surface area contributed by atoms with E-state index in [0.29, 0.717) is 0 Å². The van der Waals surface area contributed by atoms with E-state index in [-0.39, 0.29) is 11.7 Å². The highest BCUT2D eigenvalue weighted by molar-refractivity contribution is 6.03. The van der Waals surface area contributed by atoms with Gasteiger partial charge in [0.15, 0.2) is 11.9 Å². The van der Waals surface area contributed by atoms with Crippen LogP contribution in [0.1, 0.15) is 5.76 Å². The van der Waals surface area contributed by atoms with Gasteiger partial charge in [0.1, 0.15) is 11.0 Å². The number of nitro groups is 1. The Morgan fingerprint density at radius 1 is 1.46 bits per heavy atom. The number of carbonyl (C=O) groups excluding carboxylic acids is 2. The quantitative estimate of drug-likeness (QED) is 0.421. The molecule has 2 aliphatic rings. The van der Waals surface area contributed by atoms with Gasteiger partial charge in [-0.3, -0.25) is 19.8 Å². The van der Waals surface area contributed by atoms with Gasteiger partial charge in [-0.05, 0) is 6.07 Å².